The molecule has 26 heavy (non-hydrogen) atoms. The molecule has 1 fully saturated rings. The average molecular weight is 347 g/mol. The molecular formula is C20H17N3O3. The first-order chi connectivity index (χ1) is 12.6. The minimum absolute atomic E-state index is 0.000822. The zero-order chi connectivity index (χ0) is 18.1. The van der Waals surface area contributed by atoms with Crippen molar-refractivity contribution in [2.45, 2.75) is 12.8 Å². The van der Waals surface area contributed by atoms with Crippen molar-refractivity contribution in [2.24, 2.45) is 0 Å². The molecule has 0 radical (unpaired) electrons. The van der Waals surface area contributed by atoms with Crippen molar-refractivity contribution in [1.29, 1.82) is 0 Å². The smallest absolute Gasteiger partial charge is 0.335 e. The number of hydrogen-bond donors (Lipinski definition) is 1. The van der Waals surface area contributed by atoms with Crippen LogP contribution >= 0.6 is 0 Å². The van der Waals surface area contributed by atoms with E-state index in [-0.39, 0.29) is 11.5 Å². The largest absolute Gasteiger partial charge is 0.478 e. The van der Waals surface area contributed by atoms with Crippen LogP contribution in [0.2, 0.25) is 0 Å². The molecule has 1 aliphatic heterocycles. The van der Waals surface area contributed by atoms with E-state index in [1.807, 2.05) is 11.0 Å². The van der Waals surface area contributed by atoms with Crippen LogP contribution in [0.15, 0.2) is 48.9 Å². The van der Waals surface area contributed by atoms with Crippen LogP contribution < -0.4 is 0 Å². The zero-order valence-corrected chi connectivity index (χ0v) is 14.1. The Labute approximate surface area is 150 Å². The van der Waals surface area contributed by atoms with Crippen molar-refractivity contribution in [2.75, 3.05) is 13.1 Å². The predicted octanol–water partition coefficient (Wildman–Crippen LogP) is 3.23. The second-order valence-electron chi connectivity index (χ2n) is 6.36. The number of pyridine rings is 2. The Balaban J connectivity index is 1.78. The highest BCUT2D eigenvalue weighted by Gasteiger charge is 2.20. The summed E-state index contributed by atoms with van der Waals surface area (Å²) >= 11 is 0. The van der Waals surface area contributed by atoms with Gasteiger partial charge in [-0.05, 0) is 36.6 Å². The second-order valence-corrected chi connectivity index (χ2v) is 6.36. The van der Waals surface area contributed by atoms with Crippen LogP contribution in [0.25, 0.3) is 22.0 Å². The summed E-state index contributed by atoms with van der Waals surface area (Å²) in [7, 11) is 0. The van der Waals surface area contributed by atoms with Gasteiger partial charge in [-0.1, -0.05) is 12.1 Å². The summed E-state index contributed by atoms with van der Waals surface area (Å²) < 4.78 is 0. The van der Waals surface area contributed by atoms with E-state index in [1.54, 1.807) is 42.9 Å². The number of fused-ring (bicyclic) bond motifs is 1. The fourth-order valence-corrected chi connectivity index (χ4v) is 3.29. The molecule has 1 saturated heterocycles. The highest BCUT2D eigenvalue weighted by molar-refractivity contribution is 6.01. The highest BCUT2D eigenvalue weighted by Crippen LogP contribution is 2.28. The summed E-state index contributed by atoms with van der Waals surface area (Å²) in [5.41, 5.74) is 3.14. The SMILES string of the molecule is O=C(O)c1ccc(-c2cncc3ncc(C(=O)N4CCCC4)cc23)cc1. The van der Waals surface area contributed by atoms with Crippen LogP contribution in [0.1, 0.15) is 33.6 Å². The maximum absolute atomic E-state index is 12.7. The number of benzene rings is 1. The number of amides is 1. The highest BCUT2D eigenvalue weighted by atomic mass is 16.4. The average Bonchev–Trinajstić information content (AvgIpc) is 3.21. The van der Waals surface area contributed by atoms with Gasteiger partial charge in [0.15, 0.2) is 0 Å². The van der Waals surface area contributed by atoms with Gasteiger partial charge in [0.05, 0.1) is 22.8 Å². The van der Waals surface area contributed by atoms with Crippen LogP contribution in [-0.2, 0) is 0 Å². The quantitative estimate of drug-likeness (QED) is 0.786. The van der Waals surface area contributed by atoms with Gasteiger partial charge in [0.1, 0.15) is 0 Å². The maximum Gasteiger partial charge on any atom is 0.335 e. The molecule has 0 atom stereocenters. The molecule has 0 bridgehead atoms. The van der Waals surface area contributed by atoms with E-state index in [0.29, 0.717) is 11.1 Å². The first kappa shape index (κ1) is 16.2. The Morgan fingerprint density at radius 2 is 1.69 bits per heavy atom. The number of likely N-dealkylation sites (tertiary alicyclic amines) is 1. The van der Waals surface area contributed by atoms with E-state index in [1.165, 1.54) is 0 Å². The Bertz CT molecular complexity index is 993. The Morgan fingerprint density at radius 3 is 2.38 bits per heavy atom. The molecule has 3 aromatic rings. The normalized spacial score (nSPS) is 13.9. The van der Waals surface area contributed by atoms with Crippen molar-refractivity contribution in [1.82, 2.24) is 14.9 Å². The number of aromatic nitrogens is 2. The van der Waals surface area contributed by atoms with E-state index >= 15 is 0 Å². The molecule has 6 heteroatoms. The number of nitrogens with zero attached hydrogens (tertiary/aromatic N) is 3. The van der Waals surface area contributed by atoms with Gasteiger partial charge in [-0.25, -0.2) is 4.79 Å². The lowest BCUT2D eigenvalue weighted by atomic mass is 10.0. The van der Waals surface area contributed by atoms with Gasteiger partial charge < -0.3 is 10.0 Å². The molecule has 1 amide bonds. The molecule has 1 N–H and O–H groups in total. The monoisotopic (exact) mass is 347 g/mol. The number of aromatic carboxylic acids is 1. The van der Waals surface area contributed by atoms with E-state index in [9.17, 15) is 9.59 Å². The fraction of sp³-hybridized carbons (Fsp3) is 0.200. The van der Waals surface area contributed by atoms with Gasteiger partial charge in [0.2, 0.25) is 0 Å². The van der Waals surface area contributed by atoms with E-state index in [0.717, 1.165) is 42.4 Å². The summed E-state index contributed by atoms with van der Waals surface area (Å²) in [6, 6.07) is 8.46. The van der Waals surface area contributed by atoms with Crippen LogP contribution in [0.3, 0.4) is 0 Å². The first-order valence-corrected chi connectivity index (χ1v) is 8.50. The van der Waals surface area contributed by atoms with Gasteiger partial charge in [-0.15, -0.1) is 0 Å². The third-order valence-corrected chi connectivity index (χ3v) is 4.69. The van der Waals surface area contributed by atoms with Crippen molar-refractivity contribution in [3.63, 3.8) is 0 Å². The molecule has 0 saturated carbocycles. The molecule has 0 spiro atoms. The van der Waals surface area contributed by atoms with Gasteiger partial charge in [-0.3, -0.25) is 14.8 Å². The van der Waals surface area contributed by atoms with Crippen molar-refractivity contribution in [3.05, 3.63) is 60.0 Å². The van der Waals surface area contributed by atoms with E-state index in [2.05, 4.69) is 9.97 Å². The summed E-state index contributed by atoms with van der Waals surface area (Å²) in [5, 5.41) is 9.88. The van der Waals surface area contributed by atoms with Crippen molar-refractivity contribution >= 4 is 22.8 Å². The molecule has 130 valence electrons. The topological polar surface area (TPSA) is 83.4 Å². The lowest BCUT2D eigenvalue weighted by molar-refractivity contribution is 0.0696. The molecule has 2 aromatic heterocycles. The number of hydrogen-bond acceptors (Lipinski definition) is 4. The summed E-state index contributed by atoms with van der Waals surface area (Å²) in [6.45, 7) is 1.58. The van der Waals surface area contributed by atoms with Crippen molar-refractivity contribution < 1.29 is 14.7 Å². The molecule has 3 heterocycles. The van der Waals surface area contributed by atoms with Crippen molar-refractivity contribution in [3.8, 4) is 11.1 Å². The Morgan fingerprint density at radius 1 is 0.962 bits per heavy atom. The standard InChI is InChI=1S/C20H17N3O3/c24-19(23-7-1-2-8-23)15-9-16-17(11-21-12-18(16)22-10-15)13-3-5-14(6-4-13)20(25)26/h3-6,9-12H,1-2,7-8H2,(H,25,26). The summed E-state index contributed by atoms with van der Waals surface area (Å²) in [6.07, 6.45) is 7.05. The minimum Gasteiger partial charge on any atom is -0.478 e. The molecule has 1 aliphatic rings. The first-order valence-electron chi connectivity index (χ1n) is 8.50. The van der Waals surface area contributed by atoms with Crippen LogP contribution in [-0.4, -0.2) is 44.9 Å². The fourth-order valence-electron chi connectivity index (χ4n) is 3.29. The predicted molar refractivity (Wildman–Crippen MR) is 97.1 cm³/mol. The molecule has 4 rings (SSSR count). The van der Waals surface area contributed by atoms with E-state index < -0.39 is 5.97 Å². The Hall–Kier alpha value is -3.28. The number of carboxylic acid groups (broad SMARTS) is 1. The molecule has 0 unspecified atom stereocenters. The minimum atomic E-state index is -0.965. The van der Waals surface area contributed by atoms with Crippen LogP contribution in [0.4, 0.5) is 0 Å². The summed E-state index contributed by atoms with van der Waals surface area (Å²) in [5.74, 6) is -0.964. The summed E-state index contributed by atoms with van der Waals surface area (Å²) in [4.78, 5) is 34.2. The van der Waals surface area contributed by atoms with Gasteiger partial charge >= 0.3 is 5.97 Å². The lowest BCUT2D eigenvalue weighted by Gasteiger charge is -2.15. The molecule has 6 nitrogen and oxygen atoms in total. The third-order valence-electron chi connectivity index (χ3n) is 4.69. The molecule has 1 aromatic carbocycles. The number of carbonyl (C=O) groups excluding carboxylic acids is 1. The van der Waals surface area contributed by atoms with E-state index in [4.69, 9.17) is 5.11 Å². The number of carbonyl (C=O) groups is 2. The zero-order valence-electron chi connectivity index (χ0n) is 14.1. The Kier molecular flexibility index (Phi) is 4.08. The third kappa shape index (κ3) is 2.90. The second kappa shape index (κ2) is 6.55. The van der Waals surface area contributed by atoms with Gasteiger partial charge in [-0.2, -0.15) is 0 Å². The number of carboxylic acids is 1. The van der Waals surface area contributed by atoms with Gasteiger partial charge in [0.25, 0.3) is 5.91 Å². The molecule has 0 aliphatic carbocycles. The maximum atomic E-state index is 12.7. The van der Waals surface area contributed by atoms with Crippen LogP contribution in [0.5, 0.6) is 0 Å². The van der Waals surface area contributed by atoms with Crippen LogP contribution in [0, 0.1) is 0 Å². The van der Waals surface area contributed by atoms with Gasteiger partial charge in [0, 0.05) is 36.4 Å². The number of rotatable bonds is 3. The molecular weight excluding hydrogens is 330 g/mol. The lowest BCUT2D eigenvalue weighted by Crippen LogP contribution is -2.27.